The van der Waals surface area contributed by atoms with Crippen molar-refractivity contribution in [3.8, 4) is 11.1 Å². The molecule has 2 aromatic rings. The molecular weight excluding hydrogens is 510 g/mol. The van der Waals surface area contributed by atoms with Gasteiger partial charge in [-0.3, -0.25) is 0 Å². The zero-order valence-electron chi connectivity index (χ0n) is 20.5. The van der Waals surface area contributed by atoms with Gasteiger partial charge in [0, 0.05) is 0 Å². The molecule has 0 radical (unpaired) electrons. The molecule has 2 aromatic carbocycles. The van der Waals surface area contributed by atoms with Crippen LogP contribution in [0.25, 0.3) is 11.1 Å². The first-order chi connectivity index (χ1) is 14.0. The van der Waals surface area contributed by atoms with Gasteiger partial charge in [-0.1, -0.05) is 0 Å². The average molecular weight is 547 g/mol. The Morgan fingerprint density at radius 2 is 1.25 bits per heavy atom. The summed E-state index contributed by atoms with van der Waals surface area (Å²) in [6.07, 6.45) is 8.46. The van der Waals surface area contributed by atoms with Gasteiger partial charge in [0.1, 0.15) is 0 Å². The van der Waals surface area contributed by atoms with Crippen LogP contribution in [0.5, 0.6) is 0 Å². The number of halogens is 2. The van der Waals surface area contributed by atoms with E-state index in [1.54, 1.807) is 11.1 Å². The van der Waals surface area contributed by atoms with E-state index < -0.39 is 20.3 Å². The largest absolute Gasteiger partial charge is 1.00 e. The van der Waals surface area contributed by atoms with Gasteiger partial charge in [-0.15, -0.1) is 0 Å². The minimum atomic E-state index is -2.50. The zero-order valence-corrected chi connectivity index (χ0v) is 24.5. The standard InChI is InChI=1S/C21H25.C5H5.C3H6.2ClH.Zr/c1-20(2,3)16-7-9-18-14(12-16)11-15-13-17(21(4,5)6)8-10-19(15)18;1-2-4-5-3-1;1-3-2;;;/h7-13H,1-6H3;1-3H,4H2;3H,1H2,2H3;2*1H;/q;;;;;+2/p-2. The smallest absolute Gasteiger partial charge is 1.00 e. The van der Waals surface area contributed by atoms with E-state index in [2.05, 4.69) is 103 Å². The predicted molar refractivity (Wildman–Crippen MR) is 127 cm³/mol. The van der Waals surface area contributed by atoms with Crippen molar-refractivity contribution < 1.29 is 45.1 Å². The molecule has 1 fully saturated rings. The van der Waals surface area contributed by atoms with Gasteiger partial charge in [-0.2, -0.15) is 0 Å². The second kappa shape index (κ2) is 8.55. The Bertz CT molecular complexity index is 1030. The Hall–Kier alpha value is -0.617. The molecule has 0 aromatic heterocycles. The number of hydrogen-bond donors (Lipinski definition) is 0. The molecule has 0 N–H and O–H groups in total. The average Bonchev–Trinajstić information content (AvgIpc) is 3.05. The van der Waals surface area contributed by atoms with Crippen molar-refractivity contribution in [2.75, 3.05) is 0 Å². The number of benzene rings is 2. The number of rotatable bonds is 2. The van der Waals surface area contributed by atoms with Gasteiger partial charge in [0.15, 0.2) is 0 Å². The summed E-state index contributed by atoms with van der Waals surface area (Å²) in [7, 11) is 0. The van der Waals surface area contributed by atoms with Crippen molar-refractivity contribution in [2.24, 2.45) is 0 Å². The minimum absolute atomic E-state index is 0. The Labute approximate surface area is 212 Å². The Kier molecular flexibility index (Phi) is 6.95. The van der Waals surface area contributed by atoms with Crippen LogP contribution >= 0.6 is 0 Å². The van der Waals surface area contributed by atoms with Crippen molar-refractivity contribution in [3.05, 3.63) is 80.2 Å². The van der Waals surface area contributed by atoms with Crippen molar-refractivity contribution in [1.82, 2.24) is 0 Å². The fourth-order valence-electron chi connectivity index (χ4n) is 6.02. The van der Waals surface area contributed by atoms with Crippen LogP contribution in [0.3, 0.4) is 0 Å². The molecule has 2 atom stereocenters. The summed E-state index contributed by atoms with van der Waals surface area (Å²) < 4.78 is 5.02. The molecule has 2 aliphatic carbocycles. The van der Waals surface area contributed by atoms with Crippen molar-refractivity contribution in [3.63, 3.8) is 0 Å². The van der Waals surface area contributed by atoms with Crippen molar-refractivity contribution >= 4 is 0 Å². The second-order valence-electron chi connectivity index (χ2n) is 12.0. The molecule has 32 heavy (non-hydrogen) atoms. The molecular formula is C29H36Cl2Zr. The quantitative estimate of drug-likeness (QED) is 0.544. The van der Waals surface area contributed by atoms with Gasteiger partial charge in [0.2, 0.25) is 0 Å². The molecule has 5 rings (SSSR count). The molecule has 3 heteroatoms. The number of hydrogen-bond acceptors (Lipinski definition) is 0. The fourth-order valence-corrected chi connectivity index (χ4v) is 22.6. The third-order valence-corrected chi connectivity index (χ3v) is 22.6. The third kappa shape index (κ3) is 3.95. The summed E-state index contributed by atoms with van der Waals surface area (Å²) in [5, 5.41) is 0. The molecule has 1 heterocycles. The van der Waals surface area contributed by atoms with Crippen LogP contribution < -0.4 is 24.8 Å². The summed E-state index contributed by atoms with van der Waals surface area (Å²) >= 11 is -2.50. The first-order valence-electron chi connectivity index (χ1n) is 11.7. The fraction of sp³-hybridized carbons (Fsp3) is 0.448. The topological polar surface area (TPSA) is 0 Å². The summed E-state index contributed by atoms with van der Waals surface area (Å²) in [6.45, 7) is 16.7. The van der Waals surface area contributed by atoms with E-state index in [1.165, 1.54) is 32.8 Å². The van der Waals surface area contributed by atoms with Gasteiger partial charge in [-0.05, 0) is 0 Å². The van der Waals surface area contributed by atoms with Crippen LogP contribution in [0.15, 0.2) is 57.9 Å². The molecule has 170 valence electrons. The molecule has 1 saturated heterocycles. The Balaban J connectivity index is 0.00000144. The molecule has 1 aliphatic heterocycles. The SMILES string of the molecule is C[CH]1[CH2][Zr+2]1([C]1=CC=CC1)[CH]1c2cc(C(C)(C)C)ccc2-c2ccc(C(C)(C)C)cc21.[Cl-].[Cl-]. The van der Waals surface area contributed by atoms with E-state index in [0.717, 1.165) is 3.63 Å². The van der Waals surface area contributed by atoms with E-state index in [9.17, 15) is 0 Å². The molecule has 0 saturated carbocycles. The maximum Gasteiger partial charge on any atom is -1.00 e. The van der Waals surface area contributed by atoms with E-state index in [1.807, 2.05) is 3.28 Å². The van der Waals surface area contributed by atoms with E-state index >= 15 is 0 Å². The van der Waals surface area contributed by atoms with Crippen LogP contribution in [-0.4, -0.2) is 0 Å². The number of allylic oxidation sites excluding steroid dienone is 4. The monoisotopic (exact) mass is 544 g/mol. The van der Waals surface area contributed by atoms with Crippen LogP contribution in [0.2, 0.25) is 7.75 Å². The molecule has 2 unspecified atom stereocenters. The first-order valence-corrected chi connectivity index (χ1v) is 17.5. The predicted octanol–water partition coefficient (Wildman–Crippen LogP) is 2.60. The van der Waals surface area contributed by atoms with Gasteiger partial charge in [0.25, 0.3) is 0 Å². The second-order valence-corrected chi connectivity index (χ2v) is 23.5. The van der Waals surface area contributed by atoms with Crippen LogP contribution in [0.1, 0.15) is 80.8 Å². The summed E-state index contributed by atoms with van der Waals surface area (Å²) in [4.78, 5) is 0. The molecule has 3 aliphatic rings. The normalized spacial score (nSPS) is 21.7. The maximum absolute atomic E-state index is 2.60. The van der Waals surface area contributed by atoms with Crippen LogP contribution in [0, 0.1) is 0 Å². The van der Waals surface area contributed by atoms with Crippen molar-refractivity contribution in [1.29, 1.82) is 0 Å². The number of fused-ring (bicyclic) bond motifs is 3. The van der Waals surface area contributed by atoms with Crippen molar-refractivity contribution in [2.45, 2.75) is 77.1 Å². The van der Waals surface area contributed by atoms with E-state index in [4.69, 9.17) is 0 Å². The van der Waals surface area contributed by atoms with Gasteiger partial charge >= 0.3 is 189 Å². The van der Waals surface area contributed by atoms with Crippen LogP contribution in [0.4, 0.5) is 0 Å². The van der Waals surface area contributed by atoms with E-state index in [-0.39, 0.29) is 35.6 Å². The van der Waals surface area contributed by atoms with Gasteiger partial charge < -0.3 is 24.8 Å². The minimum Gasteiger partial charge on any atom is -1.00 e. The van der Waals surface area contributed by atoms with Gasteiger partial charge in [0.05, 0.1) is 0 Å². The molecule has 0 amide bonds. The Morgan fingerprint density at radius 1 is 0.781 bits per heavy atom. The van der Waals surface area contributed by atoms with Crippen LogP contribution in [-0.2, 0) is 31.1 Å². The zero-order chi connectivity index (χ0) is 21.5. The summed E-state index contributed by atoms with van der Waals surface area (Å²) in [5.74, 6) is 0. The summed E-state index contributed by atoms with van der Waals surface area (Å²) in [6, 6.07) is 14.9. The molecule has 0 nitrogen and oxygen atoms in total. The van der Waals surface area contributed by atoms with Gasteiger partial charge in [-0.25, -0.2) is 0 Å². The van der Waals surface area contributed by atoms with E-state index in [0.29, 0.717) is 3.63 Å². The summed E-state index contributed by atoms with van der Waals surface area (Å²) in [5.41, 5.74) is 9.73. The molecule has 0 spiro atoms. The third-order valence-electron chi connectivity index (χ3n) is 7.99. The Morgan fingerprint density at radius 3 is 1.59 bits per heavy atom. The first kappa shape index (κ1) is 26.0. The maximum atomic E-state index is 2.60. The molecule has 0 bridgehead atoms.